The second kappa shape index (κ2) is 8.44. The van der Waals surface area contributed by atoms with Gasteiger partial charge in [-0.05, 0) is 62.6 Å². The van der Waals surface area contributed by atoms with Crippen molar-refractivity contribution in [1.82, 2.24) is 0 Å². The molecule has 2 spiro atoms. The fraction of sp³-hybridized carbons (Fsp3) is 0.480. The van der Waals surface area contributed by atoms with Crippen LogP contribution >= 0.6 is 23.2 Å². The number of allylic oxidation sites excluding steroid dienone is 6. The molecule has 0 saturated carbocycles. The molecule has 3 heterocycles. The maximum atomic E-state index is 6.51. The van der Waals surface area contributed by atoms with E-state index in [0.717, 1.165) is 35.3 Å². The van der Waals surface area contributed by atoms with Gasteiger partial charge in [-0.2, -0.15) is 0 Å². The number of fused-ring (bicyclic) bond motifs is 3. The molecule has 0 radical (unpaired) electrons. The summed E-state index contributed by atoms with van der Waals surface area (Å²) >= 11 is 13.0. The molecule has 172 valence electrons. The van der Waals surface area contributed by atoms with Crippen LogP contribution in [0.4, 0.5) is 0 Å². The first-order valence-corrected chi connectivity index (χ1v) is 11.7. The lowest BCUT2D eigenvalue weighted by Crippen LogP contribution is -2.71. The van der Waals surface area contributed by atoms with Gasteiger partial charge < -0.3 is 19.9 Å². The van der Waals surface area contributed by atoms with E-state index in [0.29, 0.717) is 29.9 Å². The van der Waals surface area contributed by atoms with Crippen LogP contribution in [0.1, 0.15) is 51.7 Å². The number of nitrogens with two attached hydrogens (primary N) is 1. The molecule has 5 nitrogen and oxygen atoms in total. The highest BCUT2D eigenvalue weighted by molar-refractivity contribution is 6.35. The first-order chi connectivity index (χ1) is 15.2. The van der Waals surface area contributed by atoms with E-state index >= 15 is 0 Å². The zero-order valence-electron chi connectivity index (χ0n) is 19.0. The smallest absolute Gasteiger partial charge is 0.283 e. The van der Waals surface area contributed by atoms with Gasteiger partial charge in [0.1, 0.15) is 23.5 Å². The molecule has 1 aromatic rings. The van der Waals surface area contributed by atoms with Crippen molar-refractivity contribution in [2.24, 2.45) is 16.1 Å². The molecular weight excluding hydrogens is 447 g/mol. The second-order valence-corrected chi connectivity index (χ2v) is 10.2. The molecule has 7 heteroatoms. The van der Waals surface area contributed by atoms with Crippen molar-refractivity contribution in [2.45, 2.75) is 51.7 Å². The molecule has 1 saturated heterocycles. The van der Waals surface area contributed by atoms with Crippen molar-refractivity contribution in [3.8, 4) is 5.75 Å². The third kappa shape index (κ3) is 3.55. The third-order valence-corrected chi connectivity index (χ3v) is 7.30. The maximum absolute atomic E-state index is 6.51. The van der Waals surface area contributed by atoms with Crippen LogP contribution in [-0.2, 0) is 15.0 Å². The summed E-state index contributed by atoms with van der Waals surface area (Å²) in [7, 11) is 0. The molecule has 0 aromatic heterocycles. The fourth-order valence-electron chi connectivity index (χ4n) is 4.88. The summed E-state index contributed by atoms with van der Waals surface area (Å²) in [6, 6.07) is 6.24. The van der Waals surface area contributed by atoms with Crippen LogP contribution in [-0.4, -0.2) is 31.4 Å². The SMILES string of the molecule is CCCC=CC(Cl)=CC(=C(C)Cl)c1ccc2c(c1)C1(COC(N)=N1)C1(COC1)C(C)(C)O2. The minimum Gasteiger partial charge on any atom is -0.487 e. The molecule has 0 bridgehead atoms. The molecule has 1 aromatic carbocycles. The van der Waals surface area contributed by atoms with Crippen LogP contribution in [0, 0.1) is 5.41 Å². The van der Waals surface area contributed by atoms with E-state index in [1.54, 1.807) is 0 Å². The average Bonchev–Trinajstić information content (AvgIpc) is 3.06. The molecule has 1 unspecified atom stereocenters. The van der Waals surface area contributed by atoms with E-state index in [1.165, 1.54) is 0 Å². The first kappa shape index (κ1) is 23.2. The predicted molar refractivity (Wildman–Crippen MR) is 130 cm³/mol. The van der Waals surface area contributed by atoms with Gasteiger partial charge in [0.25, 0.3) is 6.02 Å². The quantitative estimate of drug-likeness (QED) is 0.540. The van der Waals surface area contributed by atoms with Gasteiger partial charge in [-0.15, -0.1) is 0 Å². The molecule has 1 atom stereocenters. The highest BCUT2D eigenvalue weighted by atomic mass is 35.5. The van der Waals surface area contributed by atoms with E-state index in [1.807, 2.05) is 31.2 Å². The van der Waals surface area contributed by atoms with Crippen molar-refractivity contribution in [1.29, 1.82) is 0 Å². The van der Waals surface area contributed by atoms with E-state index in [2.05, 4.69) is 32.9 Å². The Morgan fingerprint density at radius 3 is 2.53 bits per heavy atom. The number of rotatable bonds is 5. The highest BCUT2D eigenvalue weighted by Crippen LogP contribution is 2.62. The average molecular weight is 477 g/mol. The first-order valence-electron chi connectivity index (χ1n) is 11.0. The Hall–Kier alpha value is -1.95. The molecular formula is C25H30Cl2N2O3. The van der Waals surface area contributed by atoms with Crippen molar-refractivity contribution in [3.05, 3.63) is 57.6 Å². The Balaban J connectivity index is 1.84. The van der Waals surface area contributed by atoms with Crippen LogP contribution in [0.5, 0.6) is 5.75 Å². The van der Waals surface area contributed by atoms with E-state index in [4.69, 9.17) is 48.1 Å². The molecule has 1 fully saturated rings. The lowest BCUT2D eigenvalue weighted by atomic mass is 9.55. The number of hydrogen-bond donors (Lipinski definition) is 1. The van der Waals surface area contributed by atoms with Gasteiger partial charge >= 0.3 is 0 Å². The van der Waals surface area contributed by atoms with E-state index < -0.39 is 11.1 Å². The Morgan fingerprint density at radius 1 is 1.22 bits per heavy atom. The summed E-state index contributed by atoms with van der Waals surface area (Å²) in [5.74, 6) is 0.766. The number of nitrogens with zero attached hydrogens (tertiary/aromatic N) is 1. The van der Waals surface area contributed by atoms with Gasteiger partial charge in [-0.25, -0.2) is 4.99 Å². The topological polar surface area (TPSA) is 66.1 Å². The van der Waals surface area contributed by atoms with E-state index in [9.17, 15) is 0 Å². The number of hydrogen-bond acceptors (Lipinski definition) is 5. The Morgan fingerprint density at radius 2 is 1.97 bits per heavy atom. The lowest BCUT2D eigenvalue weighted by molar-refractivity contribution is -0.247. The van der Waals surface area contributed by atoms with Crippen LogP contribution in [0.2, 0.25) is 0 Å². The maximum Gasteiger partial charge on any atom is 0.283 e. The molecule has 4 rings (SSSR count). The molecule has 0 aliphatic carbocycles. The molecule has 3 aliphatic rings. The van der Waals surface area contributed by atoms with Crippen LogP contribution in [0.25, 0.3) is 5.57 Å². The monoisotopic (exact) mass is 476 g/mol. The number of aliphatic imine (C=N–C) groups is 1. The summed E-state index contributed by atoms with van der Waals surface area (Å²) in [4.78, 5) is 4.86. The van der Waals surface area contributed by atoms with Gasteiger partial charge in [0.15, 0.2) is 0 Å². The van der Waals surface area contributed by atoms with Crippen molar-refractivity contribution >= 4 is 34.8 Å². The fourth-order valence-corrected chi connectivity index (χ4v) is 5.24. The number of benzene rings is 1. The van der Waals surface area contributed by atoms with Gasteiger partial charge in [0, 0.05) is 15.6 Å². The normalized spacial score (nSPS) is 26.3. The summed E-state index contributed by atoms with van der Waals surface area (Å²) in [6.07, 6.45) is 7.90. The molecule has 3 aliphatic heterocycles. The number of unbranched alkanes of at least 4 members (excludes halogenated alkanes) is 1. The van der Waals surface area contributed by atoms with Crippen LogP contribution in [0.3, 0.4) is 0 Å². The summed E-state index contributed by atoms with van der Waals surface area (Å²) in [6.45, 7) is 9.54. The summed E-state index contributed by atoms with van der Waals surface area (Å²) < 4.78 is 17.9. The zero-order valence-corrected chi connectivity index (χ0v) is 20.5. The Labute approximate surface area is 199 Å². The zero-order chi connectivity index (χ0) is 23.1. The van der Waals surface area contributed by atoms with Crippen LogP contribution < -0.4 is 10.5 Å². The minimum absolute atomic E-state index is 0.193. The number of amidine groups is 1. The number of ether oxygens (including phenoxy) is 3. The van der Waals surface area contributed by atoms with Gasteiger partial charge in [0.2, 0.25) is 0 Å². The third-order valence-electron chi connectivity index (χ3n) is 6.86. The molecule has 2 N–H and O–H groups in total. The lowest BCUT2D eigenvalue weighted by Gasteiger charge is -2.61. The largest absolute Gasteiger partial charge is 0.487 e. The number of halogens is 2. The standard InChI is InChI=1S/C25H30Cl2N2O3/c1-5-6-7-8-18(27)12-19(16(2)26)17-9-10-21-20(11-17)25(15-31-22(28)29-25)24(13-30-14-24)23(3,4)32-21/h7-12H,5-6,13-15H2,1-4H3,(H2,28,29). The Kier molecular flexibility index (Phi) is 6.12. The molecule has 32 heavy (non-hydrogen) atoms. The van der Waals surface area contributed by atoms with Gasteiger partial charge in [-0.1, -0.05) is 48.7 Å². The Bertz CT molecular complexity index is 1030. The summed E-state index contributed by atoms with van der Waals surface area (Å²) in [5.41, 5.74) is 7.15. The van der Waals surface area contributed by atoms with E-state index in [-0.39, 0.29) is 11.4 Å². The van der Waals surface area contributed by atoms with Gasteiger partial charge in [-0.3, -0.25) is 0 Å². The molecule has 0 amide bonds. The van der Waals surface area contributed by atoms with Crippen molar-refractivity contribution < 1.29 is 14.2 Å². The van der Waals surface area contributed by atoms with Crippen molar-refractivity contribution in [3.63, 3.8) is 0 Å². The summed E-state index contributed by atoms with van der Waals surface area (Å²) in [5, 5.41) is 1.26. The predicted octanol–water partition coefficient (Wildman–Crippen LogP) is 5.86. The highest BCUT2D eigenvalue weighted by Gasteiger charge is 2.71. The minimum atomic E-state index is -0.692. The van der Waals surface area contributed by atoms with Crippen LogP contribution in [0.15, 0.2) is 51.5 Å². The van der Waals surface area contributed by atoms with Gasteiger partial charge in [0.05, 0.1) is 18.6 Å². The second-order valence-electron chi connectivity index (χ2n) is 9.16. The van der Waals surface area contributed by atoms with Crippen molar-refractivity contribution in [2.75, 3.05) is 19.8 Å².